The highest BCUT2D eigenvalue weighted by atomic mass is 19.3. The predicted molar refractivity (Wildman–Crippen MR) is 72.1 cm³/mol. The number of nitrogens with two attached hydrogens (primary N) is 1. The zero-order chi connectivity index (χ0) is 14.5. The third-order valence-electron chi connectivity index (χ3n) is 3.39. The molecule has 1 fully saturated rings. The molecule has 1 heterocycles. The molecular formula is C14H20F2N2O2. The van der Waals surface area contributed by atoms with Gasteiger partial charge in [0.15, 0.2) is 11.5 Å². The number of halogens is 2. The van der Waals surface area contributed by atoms with E-state index in [0.29, 0.717) is 12.3 Å². The second kappa shape index (κ2) is 6.85. The van der Waals surface area contributed by atoms with Crippen molar-refractivity contribution in [3.63, 3.8) is 0 Å². The van der Waals surface area contributed by atoms with Crippen LogP contribution < -0.4 is 15.2 Å². The number of hydrogen-bond donors (Lipinski definition) is 1. The number of benzene rings is 1. The third-order valence-corrected chi connectivity index (χ3v) is 3.39. The lowest BCUT2D eigenvalue weighted by Crippen LogP contribution is -2.42. The van der Waals surface area contributed by atoms with Crippen LogP contribution in [0.3, 0.4) is 0 Å². The number of likely N-dealkylation sites (tertiary alicyclic amines) is 1. The van der Waals surface area contributed by atoms with Gasteiger partial charge in [-0.2, -0.15) is 8.78 Å². The van der Waals surface area contributed by atoms with E-state index >= 15 is 0 Å². The summed E-state index contributed by atoms with van der Waals surface area (Å²) in [5.74, 6) is 0.380. The van der Waals surface area contributed by atoms with Crippen molar-refractivity contribution in [3.05, 3.63) is 23.8 Å². The van der Waals surface area contributed by atoms with E-state index in [1.54, 1.807) is 12.1 Å². The van der Waals surface area contributed by atoms with Gasteiger partial charge in [0.2, 0.25) is 0 Å². The van der Waals surface area contributed by atoms with Crippen molar-refractivity contribution >= 4 is 0 Å². The predicted octanol–water partition coefficient (Wildman–Crippen LogP) is 2.22. The quantitative estimate of drug-likeness (QED) is 0.901. The van der Waals surface area contributed by atoms with Crippen molar-refractivity contribution in [1.29, 1.82) is 0 Å². The number of nitrogens with zero attached hydrogens (tertiary/aromatic N) is 1. The van der Waals surface area contributed by atoms with E-state index in [1.807, 2.05) is 6.07 Å². The number of piperidine rings is 1. The molecule has 20 heavy (non-hydrogen) atoms. The molecule has 1 unspecified atom stereocenters. The molecule has 112 valence electrons. The summed E-state index contributed by atoms with van der Waals surface area (Å²) in [6.45, 7) is -0.373. The molecule has 4 nitrogen and oxygen atoms in total. The van der Waals surface area contributed by atoms with Gasteiger partial charge in [-0.1, -0.05) is 6.07 Å². The molecule has 0 aliphatic carbocycles. The summed E-state index contributed by atoms with van der Waals surface area (Å²) in [5.41, 5.74) is 6.85. The Hall–Kier alpha value is -1.40. The highest BCUT2D eigenvalue weighted by molar-refractivity contribution is 5.43. The maximum atomic E-state index is 12.4. The van der Waals surface area contributed by atoms with Crippen LogP contribution in [0, 0.1) is 0 Å². The molecule has 0 bridgehead atoms. The van der Waals surface area contributed by atoms with Crippen LogP contribution in [0.1, 0.15) is 18.4 Å². The zero-order valence-electron chi connectivity index (χ0n) is 11.5. The molecule has 2 N–H and O–H groups in total. The molecule has 0 radical (unpaired) electrons. The number of hydrogen-bond acceptors (Lipinski definition) is 4. The van der Waals surface area contributed by atoms with Gasteiger partial charge in [-0.25, -0.2) is 0 Å². The third kappa shape index (κ3) is 4.05. The fourth-order valence-electron chi connectivity index (χ4n) is 2.50. The summed E-state index contributed by atoms with van der Waals surface area (Å²) in [6, 6.07) is 5.30. The van der Waals surface area contributed by atoms with E-state index in [4.69, 9.17) is 10.5 Å². The second-order valence-corrected chi connectivity index (χ2v) is 5.00. The van der Waals surface area contributed by atoms with Crippen molar-refractivity contribution in [1.82, 2.24) is 4.90 Å². The molecule has 2 rings (SSSR count). The van der Waals surface area contributed by atoms with Crippen LogP contribution in [0.15, 0.2) is 18.2 Å². The van der Waals surface area contributed by atoms with Crippen LogP contribution in [-0.4, -0.2) is 37.8 Å². The Kier molecular flexibility index (Phi) is 5.14. The average Bonchev–Trinajstić information content (AvgIpc) is 2.38. The monoisotopic (exact) mass is 286 g/mol. The van der Waals surface area contributed by atoms with E-state index in [1.165, 1.54) is 7.11 Å². The standard InChI is InChI=1S/C14H20F2N2O2/c1-19-12-5-4-10(7-13(12)20-14(15)16)8-18-6-2-3-11(17)9-18/h4-5,7,11,14H,2-3,6,8-9,17H2,1H3. The van der Waals surface area contributed by atoms with Crippen molar-refractivity contribution < 1.29 is 18.3 Å². The van der Waals surface area contributed by atoms with Crippen LogP contribution in [0.25, 0.3) is 0 Å². The van der Waals surface area contributed by atoms with E-state index in [2.05, 4.69) is 9.64 Å². The minimum atomic E-state index is -2.86. The van der Waals surface area contributed by atoms with E-state index in [-0.39, 0.29) is 11.8 Å². The van der Waals surface area contributed by atoms with Crippen LogP contribution in [0.2, 0.25) is 0 Å². The van der Waals surface area contributed by atoms with Gasteiger partial charge >= 0.3 is 6.61 Å². The van der Waals surface area contributed by atoms with Gasteiger partial charge in [-0.15, -0.1) is 0 Å². The molecule has 0 amide bonds. The first kappa shape index (κ1) is 15.0. The van der Waals surface area contributed by atoms with Gasteiger partial charge in [0.25, 0.3) is 0 Å². The van der Waals surface area contributed by atoms with Gasteiger partial charge < -0.3 is 15.2 Å². The summed E-state index contributed by atoms with van der Waals surface area (Å²) in [6.07, 6.45) is 2.11. The first-order chi connectivity index (χ1) is 9.58. The highest BCUT2D eigenvalue weighted by Gasteiger charge is 2.18. The van der Waals surface area contributed by atoms with E-state index in [0.717, 1.165) is 31.5 Å². The van der Waals surface area contributed by atoms with E-state index < -0.39 is 6.61 Å². The lowest BCUT2D eigenvalue weighted by atomic mass is 10.1. The number of alkyl halides is 2. The van der Waals surface area contributed by atoms with Crippen LogP contribution >= 0.6 is 0 Å². The topological polar surface area (TPSA) is 47.7 Å². The van der Waals surface area contributed by atoms with Crippen LogP contribution in [0.5, 0.6) is 11.5 Å². The molecule has 0 saturated carbocycles. The Bertz CT molecular complexity index is 443. The number of methoxy groups -OCH3 is 1. The lowest BCUT2D eigenvalue weighted by molar-refractivity contribution is -0.0512. The second-order valence-electron chi connectivity index (χ2n) is 5.00. The maximum Gasteiger partial charge on any atom is 0.387 e. The fourth-order valence-corrected chi connectivity index (χ4v) is 2.50. The molecule has 0 aromatic heterocycles. The molecule has 1 aliphatic rings. The molecule has 0 spiro atoms. The molecule has 1 atom stereocenters. The maximum absolute atomic E-state index is 12.4. The van der Waals surface area contributed by atoms with Crippen LogP contribution in [-0.2, 0) is 6.54 Å². The molecule has 1 saturated heterocycles. The Morgan fingerprint density at radius 2 is 2.20 bits per heavy atom. The Morgan fingerprint density at radius 1 is 1.40 bits per heavy atom. The summed E-state index contributed by atoms with van der Waals surface area (Å²) < 4.78 is 34.2. The number of ether oxygens (including phenoxy) is 2. The molecule has 1 aliphatic heterocycles. The Labute approximate surface area is 117 Å². The minimum Gasteiger partial charge on any atom is -0.493 e. The number of rotatable bonds is 5. The summed E-state index contributed by atoms with van der Waals surface area (Å²) in [5, 5.41) is 0. The largest absolute Gasteiger partial charge is 0.493 e. The first-order valence-electron chi connectivity index (χ1n) is 6.68. The molecular weight excluding hydrogens is 266 g/mol. The SMILES string of the molecule is COc1ccc(CN2CCCC(N)C2)cc1OC(F)F. The Morgan fingerprint density at radius 3 is 2.85 bits per heavy atom. The molecule has 6 heteroatoms. The van der Waals surface area contributed by atoms with Crippen molar-refractivity contribution in [2.24, 2.45) is 5.73 Å². The van der Waals surface area contributed by atoms with Gasteiger partial charge in [0.05, 0.1) is 7.11 Å². The summed E-state index contributed by atoms with van der Waals surface area (Å²) in [4.78, 5) is 2.22. The minimum absolute atomic E-state index is 0.0707. The molecule has 1 aromatic carbocycles. The summed E-state index contributed by atoms with van der Waals surface area (Å²) in [7, 11) is 1.43. The zero-order valence-corrected chi connectivity index (χ0v) is 11.5. The first-order valence-corrected chi connectivity index (χ1v) is 6.68. The lowest BCUT2D eigenvalue weighted by Gasteiger charge is -2.30. The fraction of sp³-hybridized carbons (Fsp3) is 0.571. The van der Waals surface area contributed by atoms with Gasteiger partial charge in [0, 0.05) is 19.1 Å². The van der Waals surface area contributed by atoms with Crippen molar-refractivity contribution in [2.75, 3.05) is 20.2 Å². The van der Waals surface area contributed by atoms with Gasteiger partial charge in [0.1, 0.15) is 0 Å². The highest BCUT2D eigenvalue weighted by Crippen LogP contribution is 2.30. The van der Waals surface area contributed by atoms with Gasteiger partial charge in [-0.3, -0.25) is 4.90 Å². The van der Waals surface area contributed by atoms with E-state index in [9.17, 15) is 8.78 Å². The van der Waals surface area contributed by atoms with Crippen molar-refractivity contribution in [2.45, 2.75) is 32.0 Å². The van der Waals surface area contributed by atoms with Gasteiger partial charge in [-0.05, 0) is 37.1 Å². The van der Waals surface area contributed by atoms with Crippen molar-refractivity contribution in [3.8, 4) is 11.5 Å². The normalized spacial score (nSPS) is 20.1. The van der Waals surface area contributed by atoms with Crippen LogP contribution in [0.4, 0.5) is 8.78 Å². The summed E-state index contributed by atoms with van der Waals surface area (Å²) >= 11 is 0. The average molecular weight is 286 g/mol. The Balaban J connectivity index is 2.07. The molecule has 1 aromatic rings. The smallest absolute Gasteiger partial charge is 0.387 e.